The summed E-state index contributed by atoms with van der Waals surface area (Å²) in [5.74, 6) is 4.52. The summed E-state index contributed by atoms with van der Waals surface area (Å²) in [6.45, 7) is 1.04. The topological polar surface area (TPSA) is 37.6 Å². The number of para-hydroxylation sites is 2. The van der Waals surface area contributed by atoms with E-state index in [1.165, 1.54) is 11.1 Å². The van der Waals surface area contributed by atoms with Gasteiger partial charge < -0.3 is 23.3 Å². The number of rotatable bonds is 10. The Hall–Kier alpha value is -5.10. The van der Waals surface area contributed by atoms with Gasteiger partial charge in [0.05, 0.1) is 32.8 Å². The van der Waals surface area contributed by atoms with E-state index in [9.17, 15) is 0 Å². The number of fused-ring (bicyclic) bond motifs is 6. The van der Waals surface area contributed by atoms with Gasteiger partial charge in [0.1, 0.15) is 47.3 Å². The molecule has 0 saturated carbocycles. The van der Waals surface area contributed by atoms with Crippen molar-refractivity contribution in [3.05, 3.63) is 145 Å². The van der Waals surface area contributed by atoms with E-state index in [2.05, 4.69) is 143 Å². The van der Waals surface area contributed by atoms with Crippen LogP contribution in [0.4, 0.5) is 0 Å². The highest BCUT2D eigenvalue weighted by molar-refractivity contribution is 6.18. The molecule has 8 aromatic rings. The highest BCUT2D eigenvalue weighted by atomic mass is 35.5. The Morgan fingerprint density at radius 1 is 0.509 bits per heavy atom. The van der Waals surface area contributed by atoms with Gasteiger partial charge in [0.25, 0.3) is 0 Å². The minimum absolute atomic E-state index is 0.438. The van der Waals surface area contributed by atoms with Gasteiger partial charge in [-0.15, -0.1) is 23.2 Å². The number of hydrogen-bond donors (Lipinski definition) is 0. The third kappa shape index (κ3) is 4.76. The third-order valence-electron chi connectivity index (χ3n) is 11.6. The fraction of sp³-hybridized carbons (Fsp3) is 0.217. The van der Waals surface area contributed by atoms with Crippen molar-refractivity contribution in [2.75, 3.05) is 25.0 Å². The van der Waals surface area contributed by atoms with E-state index in [0.717, 1.165) is 92.3 Å². The maximum atomic E-state index is 7.22. The van der Waals surface area contributed by atoms with E-state index in [-0.39, 0.29) is 0 Å². The second-order valence-corrected chi connectivity index (χ2v) is 15.1. The number of hydrogen-bond acceptors (Lipinski definition) is 3. The maximum Gasteiger partial charge on any atom is 0.143 e. The fourth-order valence-electron chi connectivity index (χ4n) is 9.33. The summed E-state index contributed by atoms with van der Waals surface area (Å²) in [6, 6.07) is 47.0. The lowest BCUT2D eigenvalue weighted by molar-refractivity contribution is 0.167. The van der Waals surface area contributed by atoms with E-state index in [1.807, 2.05) is 0 Å². The zero-order valence-electron chi connectivity index (χ0n) is 29.2. The first-order valence-electron chi connectivity index (χ1n) is 18.5. The van der Waals surface area contributed by atoms with Crippen molar-refractivity contribution in [1.29, 1.82) is 0 Å². The molecule has 264 valence electrons. The van der Waals surface area contributed by atoms with Gasteiger partial charge in [0.15, 0.2) is 0 Å². The summed E-state index contributed by atoms with van der Waals surface area (Å²) >= 11 is 12.8. The second kappa shape index (κ2) is 12.8. The molecule has 0 aliphatic carbocycles. The van der Waals surface area contributed by atoms with E-state index in [0.29, 0.717) is 25.0 Å². The van der Waals surface area contributed by atoms with Gasteiger partial charge in [0.2, 0.25) is 0 Å². The molecular formula is C46H38Cl2N2O3. The molecule has 0 spiro atoms. The van der Waals surface area contributed by atoms with Gasteiger partial charge in [-0.3, -0.25) is 0 Å². The van der Waals surface area contributed by atoms with Crippen LogP contribution in [-0.2, 0) is 11.1 Å². The van der Waals surface area contributed by atoms with Crippen molar-refractivity contribution in [3.63, 3.8) is 0 Å². The molecule has 0 bridgehead atoms. The molecule has 2 aromatic heterocycles. The van der Waals surface area contributed by atoms with Crippen LogP contribution in [0.3, 0.4) is 0 Å². The molecule has 2 unspecified atom stereocenters. The molecule has 7 heteroatoms. The zero-order valence-corrected chi connectivity index (χ0v) is 30.7. The van der Waals surface area contributed by atoms with Gasteiger partial charge in [-0.05, 0) is 73.2 Å². The van der Waals surface area contributed by atoms with Crippen molar-refractivity contribution in [3.8, 4) is 23.0 Å². The summed E-state index contributed by atoms with van der Waals surface area (Å²) in [7, 11) is 0. The fourth-order valence-corrected chi connectivity index (χ4v) is 9.60. The summed E-state index contributed by atoms with van der Waals surface area (Å²) in [5.41, 5.74) is 5.93. The van der Waals surface area contributed by atoms with Crippen molar-refractivity contribution < 1.29 is 14.2 Å². The number of alkyl halides is 2. The van der Waals surface area contributed by atoms with Gasteiger partial charge in [0, 0.05) is 22.5 Å². The van der Waals surface area contributed by atoms with Crippen LogP contribution in [0.2, 0.25) is 0 Å². The Morgan fingerprint density at radius 3 is 1.38 bits per heavy atom. The first-order chi connectivity index (χ1) is 26.2. The van der Waals surface area contributed by atoms with Crippen molar-refractivity contribution >= 4 is 66.8 Å². The maximum absolute atomic E-state index is 7.22. The predicted molar refractivity (Wildman–Crippen MR) is 217 cm³/mol. The highest BCUT2D eigenvalue weighted by Gasteiger charge is 2.43. The van der Waals surface area contributed by atoms with E-state index < -0.39 is 11.1 Å². The number of halogens is 2. The Morgan fingerprint density at radius 2 is 0.943 bits per heavy atom. The Kier molecular flexibility index (Phi) is 7.85. The molecule has 5 nitrogen and oxygen atoms in total. The van der Waals surface area contributed by atoms with Crippen molar-refractivity contribution in [1.82, 2.24) is 9.13 Å². The van der Waals surface area contributed by atoms with Crippen LogP contribution in [0.25, 0.3) is 43.6 Å². The van der Waals surface area contributed by atoms with Crippen LogP contribution in [0.15, 0.2) is 133 Å². The van der Waals surface area contributed by atoms with E-state index in [1.54, 1.807) is 0 Å². The number of nitrogens with zero attached hydrogens (tertiary/aromatic N) is 2. The largest absolute Gasteiger partial charge is 0.489 e. The van der Waals surface area contributed by atoms with Gasteiger partial charge in [-0.25, -0.2) is 0 Å². The summed E-state index contributed by atoms with van der Waals surface area (Å²) < 4.78 is 25.5. The molecule has 6 aromatic carbocycles. The zero-order chi connectivity index (χ0) is 35.6. The predicted octanol–water partition coefficient (Wildman–Crippen LogP) is 12.0. The molecular weight excluding hydrogens is 699 g/mol. The number of ether oxygens (including phenoxy) is 3. The minimum atomic E-state index is -0.438. The van der Waals surface area contributed by atoms with Gasteiger partial charge >= 0.3 is 0 Å². The molecule has 0 amide bonds. The average molecular weight is 738 g/mol. The summed E-state index contributed by atoms with van der Waals surface area (Å²) in [4.78, 5) is 0. The van der Waals surface area contributed by atoms with Gasteiger partial charge in [-0.2, -0.15) is 0 Å². The Balaban J connectivity index is 1.21. The lowest BCUT2D eigenvalue weighted by Crippen LogP contribution is -2.43. The van der Waals surface area contributed by atoms with Crippen LogP contribution in [0, 0.1) is 0 Å². The van der Waals surface area contributed by atoms with Crippen LogP contribution >= 0.6 is 23.2 Å². The molecule has 53 heavy (non-hydrogen) atoms. The van der Waals surface area contributed by atoms with E-state index >= 15 is 0 Å². The molecule has 2 aliphatic rings. The SMILES string of the molecule is ClCCCC1(c2ccccc2)COc2cccc3c4c(Oc5cccc6c5c5cccc7c5n6C(CCCCl)(c5ccccc5)CO7)cccc4n1c23. The monoisotopic (exact) mass is 736 g/mol. The van der Waals surface area contributed by atoms with Crippen molar-refractivity contribution in [2.24, 2.45) is 0 Å². The first-order valence-corrected chi connectivity index (χ1v) is 19.6. The Bertz CT molecular complexity index is 2470. The van der Waals surface area contributed by atoms with Gasteiger partial charge in [-0.1, -0.05) is 97.1 Å². The highest BCUT2D eigenvalue weighted by Crippen LogP contribution is 2.52. The van der Waals surface area contributed by atoms with Crippen LogP contribution in [-0.4, -0.2) is 34.1 Å². The van der Waals surface area contributed by atoms with Crippen molar-refractivity contribution in [2.45, 2.75) is 36.8 Å². The standard InChI is InChI=1S/C46H38Cl2N2O3/c47-27-11-25-45(31-13-3-1-4-14-31)29-51-39-23-7-17-33-41-35(49(45)43(33)39)19-9-21-37(41)53-38-22-10-20-36-42(38)34-18-8-24-40-44(34)50(36)46(30-52-40,26-12-28-48)32-15-5-2-6-16-32/h1-10,13-24H,11-12,25-30H2. The average Bonchev–Trinajstić information content (AvgIpc) is 3.76. The quantitative estimate of drug-likeness (QED) is 0.131. The van der Waals surface area contributed by atoms with Crippen LogP contribution in [0.1, 0.15) is 36.8 Å². The third-order valence-corrected chi connectivity index (χ3v) is 12.1. The molecule has 0 fully saturated rings. The minimum Gasteiger partial charge on any atom is -0.489 e. The molecule has 0 N–H and O–H groups in total. The molecule has 2 atom stereocenters. The lowest BCUT2D eigenvalue weighted by atomic mass is 9.84. The molecule has 10 rings (SSSR count). The number of benzene rings is 6. The molecule has 0 saturated heterocycles. The smallest absolute Gasteiger partial charge is 0.143 e. The Labute approximate surface area is 318 Å². The molecule has 0 radical (unpaired) electrons. The van der Waals surface area contributed by atoms with Crippen LogP contribution < -0.4 is 14.2 Å². The number of aromatic nitrogens is 2. The molecule has 4 heterocycles. The van der Waals surface area contributed by atoms with Crippen LogP contribution in [0.5, 0.6) is 23.0 Å². The lowest BCUT2D eigenvalue weighted by Gasteiger charge is -2.40. The first kappa shape index (κ1) is 32.5. The molecule has 2 aliphatic heterocycles. The summed E-state index contributed by atoms with van der Waals surface area (Å²) in [6.07, 6.45) is 3.39. The summed E-state index contributed by atoms with van der Waals surface area (Å²) in [5, 5.41) is 4.34. The normalized spacial score (nSPS) is 19.1. The van der Waals surface area contributed by atoms with E-state index in [4.69, 9.17) is 37.4 Å². The second-order valence-electron chi connectivity index (χ2n) is 14.3.